The van der Waals surface area contributed by atoms with E-state index in [9.17, 15) is 13.2 Å². The van der Waals surface area contributed by atoms with Crippen LogP contribution in [0.5, 0.6) is 0 Å². The topological polar surface area (TPSA) is 17.8 Å². The first-order chi connectivity index (χ1) is 10.8. The van der Waals surface area contributed by atoms with E-state index in [1.165, 1.54) is 35.9 Å². The van der Waals surface area contributed by atoms with Crippen LogP contribution in [0.1, 0.15) is 36.9 Å². The summed E-state index contributed by atoms with van der Waals surface area (Å²) in [7, 11) is 1.55. The zero-order valence-electron chi connectivity index (χ0n) is 13.2. The summed E-state index contributed by atoms with van der Waals surface area (Å²) in [6, 6.07) is 6.96. The molecule has 1 aliphatic carbocycles. The Morgan fingerprint density at radius 3 is 2.48 bits per heavy atom. The van der Waals surface area contributed by atoms with Crippen molar-refractivity contribution < 1.29 is 13.2 Å². The predicted molar refractivity (Wildman–Crippen MR) is 86.5 cm³/mol. The molecular formula is C17H19F3N2S. The van der Waals surface area contributed by atoms with E-state index in [2.05, 4.69) is 5.10 Å². The van der Waals surface area contributed by atoms with E-state index >= 15 is 0 Å². The number of hydrogen-bond acceptors (Lipinski definition) is 2. The first-order valence-electron chi connectivity index (χ1n) is 7.73. The summed E-state index contributed by atoms with van der Waals surface area (Å²) in [6.07, 6.45) is 0.568. The van der Waals surface area contributed by atoms with Gasteiger partial charge in [-0.15, -0.1) is 11.8 Å². The Kier molecular flexibility index (Phi) is 4.45. The molecule has 2 aromatic rings. The van der Waals surface area contributed by atoms with Gasteiger partial charge in [0.1, 0.15) is 0 Å². The van der Waals surface area contributed by atoms with Gasteiger partial charge in [-0.2, -0.15) is 18.3 Å². The smallest absolute Gasteiger partial charge is 0.267 e. The lowest BCUT2D eigenvalue weighted by molar-refractivity contribution is -0.141. The fourth-order valence-corrected chi connectivity index (χ4v) is 4.33. The van der Waals surface area contributed by atoms with Crippen molar-refractivity contribution in [3.8, 4) is 11.3 Å². The van der Waals surface area contributed by atoms with Crippen molar-refractivity contribution in [2.45, 2.75) is 48.9 Å². The third-order valence-corrected chi connectivity index (χ3v) is 5.75. The highest BCUT2D eigenvalue weighted by molar-refractivity contribution is 8.00. The lowest BCUT2D eigenvalue weighted by Crippen LogP contribution is -2.06. The molecule has 0 N–H and O–H groups in total. The zero-order valence-corrected chi connectivity index (χ0v) is 14.0. The Labute approximate surface area is 138 Å². The van der Waals surface area contributed by atoms with Crippen LogP contribution in [-0.4, -0.2) is 15.0 Å². The molecule has 2 nitrogen and oxygen atoms in total. The molecule has 0 aliphatic heterocycles. The fraction of sp³-hybridized carbons (Fsp3) is 0.471. The van der Waals surface area contributed by atoms with Gasteiger partial charge in [-0.05, 0) is 37.5 Å². The molecule has 0 bridgehead atoms. The Bertz CT molecular complexity index is 700. The molecule has 23 heavy (non-hydrogen) atoms. The van der Waals surface area contributed by atoms with Crippen molar-refractivity contribution >= 4 is 11.8 Å². The Morgan fingerprint density at radius 1 is 1.17 bits per heavy atom. The van der Waals surface area contributed by atoms with Gasteiger partial charge in [-0.25, -0.2) is 0 Å². The van der Waals surface area contributed by atoms with Crippen molar-refractivity contribution in [2.75, 3.05) is 0 Å². The largest absolute Gasteiger partial charge is 0.435 e. The highest BCUT2D eigenvalue weighted by Crippen LogP contribution is 2.38. The standard InChI is InChI=1S/C17H19F3N2S/c1-11-7-8-12(9-15(11)23-13-5-3-4-6-13)14-10-16(17(18,19)20)21-22(14)2/h7-10,13H,3-6H2,1-2H3. The summed E-state index contributed by atoms with van der Waals surface area (Å²) >= 11 is 1.85. The van der Waals surface area contributed by atoms with Crippen LogP contribution in [0.2, 0.25) is 0 Å². The van der Waals surface area contributed by atoms with E-state index in [-0.39, 0.29) is 0 Å². The van der Waals surface area contributed by atoms with Crippen molar-refractivity contribution in [2.24, 2.45) is 7.05 Å². The van der Waals surface area contributed by atoms with Crippen LogP contribution < -0.4 is 0 Å². The molecule has 1 fully saturated rings. The van der Waals surface area contributed by atoms with Crippen LogP contribution in [0.25, 0.3) is 11.3 Å². The SMILES string of the molecule is Cc1ccc(-c2cc(C(F)(F)F)nn2C)cc1SC1CCCC1. The normalized spacial score (nSPS) is 16.2. The van der Waals surface area contributed by atoms with Crippen LogP contribution in [0.15, 0.2) is 29.2 Å². The zero-order chi connectivity index (χ0) is 16.6. The number of aryl methyl sites for hydroxylation is 2. The van der Waals surface area contributed by atoms with E-state index in [0.29, 0.717) is 10.9 Å². The van der Waals surface area contributed by atoms with Gasteiger partial charge in [0, 0.05) is 22.8 Å². The third-order valence-electron chi connectivity index (χ3n) is 4.25. The minimum atomic E-state index is -4.41. The molecule has 1 aromatic heterocycles. The van der Waals surface area contributed by atoms with Crippen molar-refractivity contribution in [1.29, 1.82) is 0 Å². The molecule has 1 heterocycles. The number of aromatic nitrogens is 2. The van der Waals surface area contributed by atoms with Gasteiger partial charge in [0.25, 0.3) is 0 Å². The second-order valence-electron chi connectivity index (χ2n) is 6.04. The van der Waals surface area contributed by atoms with E-state index < -0.39 is 11.9 Å². The van der Waals surface area contributed by atoms with Crippen molar-refractivity contribution in [3.63, 3.8) is 0 Å². The summed E-state index contributed by atoms with van der Waals surface area (Å²) in [4.78, 5) is 1.16. The van der Waals surface area contributed by atoms with E-state index in [1.807, 2.05) is 36.9 Å². The van der Waals surface area contributed by atoms with Crippen LogP contribution in [-0.2, 0) is 13.2 Å². The number of alkyl halides is 3. The van der Waals surface area contributed by atoms with E-state index in [0.717, 1.165) is 16.5 Å². The molecule has 3 rings (SSSR count). The van der Waals surface area contributed by atoms with E-state index in [1.54, 1.807) is 7.05 Å². The third kappa shape index (κ3) is 3.57. The van der Waals surface area contributed by atoms with Gasteiger partial charge in [0.05, 0.1) is 5.69 Å². The molecule has 124 valence electrons. The average Bonchev–Trinajstić information content (AvgIpc) is 3.10. The van der Waals surface area contributed by atoms with Gasteiger partial charge in [0.15, 0.2) is 5.69 Å². The maximum Gasteiger partial charge on any atom is 0.435 e. The van der Waals surface area contributed by atoms with Crippen LogP contribution >= 0.6 is 11.8 Å². The molecule has 1 aliphatic rings. The number of halogens is 3. The van der Waals surface area contributed by atoms with Gasteiger partial charge in [-0.1, -0.05) is 25.0 Å². The Balaban J connectivity index is 1.92. The van der Waals surface area contributed by atoms with Gasteiger partial charge < -0.3 is 0 Å². The lowest BCUT2D eigenvalue weighted by Gasteiger charge is -2.13. The van der Waals surface area contributed by atoms with Crippen LogP contribution in [0.3, 0.4) is 0 Å². The fourth-order valence-electron chi connectivity index (χ4n) is 2.95. The van der Waals surface area contributed by atoms with Crippen LogP contribution in [0, 0.1) is 6.92 Å². The van der Waals surface area contributed by atoms with Crippen LogP contribution in [0.4, 0.5) is 13.2 Å². The first-order valence-corrected chi connectivity index (χ1v) is 8.61. The maximum atomic E-state index is 12.8. The Hall–Kier alpha value is -1.43. The first kappa shape index (κ1) is 16.4. The molecule has 0 amide bonds. The number of benzene rings is 1. The summed E-state index contributed by atoms with van der Waals surface area (Å²) in [5.41, 5.74) is 1.59. The highest BCUT2D eigenvalue weighted by Gasteiger charge is 2.34. The molecule has 1 saturated carbocycles. The number of rotatable bonds is 3. The highest BCUT2D eigenvalue weighted by atomic mass is 32.2. The second kappa shape index (κ2) is 6.23. The summed E-state index contributed by atoms with van der Waals surface area (Å²) in [5, 5.41) is 4.22. The monoisotopic (exact) mass is 340 g/mol. The van der Waals surface area contributed by atoms with E-state index in [4.69, 9.17) is 0 Å². The molecule has 1 aromatic carbocycles. The summed E-state index contributed by atoms with van der Waals surface area (Å²) in [6.45, 7) is 2.05. The molecule has 0 saturated heterocycles. The predicted octanol–water partition coefficient (Wildman–Crippen LogP) is 5.45. The molecular weight excluding hydrogens is 321 g/mol. The molecule has 0 atom stereocenters. The molecule has 0 radical (unpaired) electrons. The quantitative estimate of drug-likeness (QED) is 0.739. The van der Waals surface area contributed by atoms with Gasteiger partial charge in [-0.3, -0.25) is 4.68 Å². The van der Waals surface area contributed by atoms with Gasteiger partial charge in [0.2, 0.25) is 0 Å². The number of thioether (sulfide) groups is 1. The number of hydrogen-bond donors (Lipinski definition) is 0. The lowest BCUT2D eigenvalue weighted by atomic mass is 10.1. The van der Waals surface area contributed by atoms with Crippen molar-refractivity contribution in [1.82, 2.24) is 9.78 Å². The average molecular weight is 340 g/mol. The summed E-state index contributed by atoms with van der Waals surface area (Å²) in [5.74, 6) is 0. The molecule has 6 heteroatoms. The number of nitrogens with zero attached hydrogens (tertiary/aromatic N) is 2. The second-order valence-corrected chi connectivity index (χ2v) is 7.38. The maximum absolute atomic E-state index is 12.8. The minimum absolute atomic E-state index is 0.491. The minimum Gasteiger partial charge on any atom is -0.267 e. The molecule has 0 unspecified atom stereocenters. The Morgan fingerprint density at radius 2 is 1.87 bits per heavy atom. The van der Waals surface area contributed by atoms with Crippen molar-refractivity contribution in [3.05, 3.63) is 35.5 Å². The summed E-state index contributed by atoms with van der Waals surface area (Å²) < 4.78 is 39.8. The van der Waals surface area contributed by atoms with Gasteiger partial charge >= 0.3 is 6.18 Å². The molecule has 0 spiro atoms.